The molecule has 0 saturated heterocycles. The second-order valence-corrected chi connectivity index (χ2v) is 3.86. The average molecular weight is 204 g/mol. The normalized spacial score (nSPS) is 11.1. The summed E-state index contributed by atoms with van der Waals surface area (Å²) in [4.78, 5) is 9.62. The number of nitrogens with zero attached hydrogens (tertiary/aromatic N) is 2. The molecule has 80 valence electrons. The molecule has 0 aliphatic heterocycles. The maximum atomic E-state index is 4.33. The molecule has 0 bridgehead atoms. The molecule has 2 aromatic rings. The van der Waals surface area contributed by atoms with Crippen molar-refractivity contribution >= 4 is 16.7 Å². The minimum absolute atomic E-state index is 0.931. The van der Waals surface area contributed by atoms with E-state index in [9.17, 15) is 0 Å². The van der Waals surface area contributed by atoms with Crippen LogP contribution in [0.5, 0.6) is 0 Å². The fourth-order valence-electron chi connectivity index (χ4n) is 1.45. The Morgan fingerprint density at radius 3 is 3.13 bits per heavy atom. The van der Waals surface area contributed by atoms with Gasteiger partial charge in [-0.2, -0.15) is 0 Å². The van der Waals surface area contributed by atoms with Crippen LogP contribution in [0, 0.1) is 0 Å². The second kappa shape index (κ2) is 4.31. The van der Waals surface area contributed by atoms with Crippen molar-refractivity contribution in [2.45, 2.75) is 0 Å². The highest BCUT2D eigenvalue weighted by molar-refractivity contribution is 5.78. The van der Waals surface area contributed by atoms with Crippen LogP contribution in [0.2, 0.25) is 0 Å². The minimum Gasteiger partial charge on any atom is -0.382 e. The van der Waals surface area contributed by atoms with Crippen molar-refractivity contribution in [3.63, 3.8) is 0 Å². The van der Waals surface area contributed by atoms with Gasteiger partial charge in [0.05, 0.1) is 22.9 Å². The van der Waals surface area contributed by atoms with E-state index in [2.05, 4.69) is 40.3 Å². The average Bonchev–Trinajstić information content (AvgIpc) is 2.64. The summed E-state index contributed by atoms with van der Waals surface area (Å²) in [7, 11) is 4.13. The quantitative estimate of drug-likeness (QED) is 0.794. The zero-order valence-corrected chi connectivity index (χ0v) is 9.12. The molecule has 0 aliphatic carbocycles. The monoisotopic (exact) mass is 204 g/mol. The van der Waals surface area contributed by atoms with Gasteiger partial charge in [-0.05, 0) is 26.2 Å². The molecule has 2 rings (SSSR count). The predicted octanol–water partition coefficient (Wildman–Crippen LogP) is 1.54. The van der Waals surface area contributed by atoms with E-state index in [-0.39, 0.29) is 0 Å². The molecule has 2 N–H and O–H groups in total. The van der Waals surface area contributed by atoms with Crippen molar-refractivity contribution in [3.8, 4) is 0 Å². The molecule has 0 amide bonds. The molecule has 0 aliphatic rings. The zero-order chi connectivity index (χ0) is 10.7. The number of H-pyrrole nitrogens is 1. The summed E-state index contributed by atoms with van der Waals surface area (Å²) in [5.74, 6) is 0. The molecule has 0 saturated carbocycles. The van der Waals surface area contributed by atoms with Crippen LogP contribution in [0.3, 0.4) is 0 Å². The SMILES string of the molecule is CN(C)CCNc1cnc2cc[nH]c2c1. The summed E-state index contributed by atoms with van der Waals surface area (Å²) in [6, 6.07) is 4.05. The fraction of sp³-hybridized carbons (Fsp3) is 0.364. The van der Waals surface area contributed by atoms with Gasteiger partial charge in [-0.3, -0.25) is 4.98 Å². The Balaban J connectivity index is 2.02. The fourth-order valence-corrected chi connectivity index (χ4v) is 1.45. The standard InChI is InChI=1S/C11H16N4/c1-15(2)6-5-12-9-7-11-10(14-8-9)3-4-13-11/h3-4,7-8,12-13H,5-6H2,1-2H3. The molecular formula is C11H16N4. The summed E-state index contributed by atoms with van der Waals surface area (Å²) < 4.78 is 0. The molecule has 4 heteroatoms. The lowest BCUT2D eigenvalue weighted by Crippen LogP contribution is -2.20. The van der Waals surface area contributed by atoms with Gasteiger partial charge in [0.15, 0.2) is 0 Å². The van der Waals surface area contributed by atoms with E-state index in [1.807, 2.05) is 18.5 Å². The van der Waals surface area contributed by atoms with Gasteiger partial charge >= 0.3 is 0 Å². The third kappa shape index (κ3) is 2.47. The Bertz CT molecular complexity index is 433. The number of pyridine rings is 1. The smallest absolute Gasteiger partial charge is 0.0880 e. The molecule has 0 aromatic carbocycles. The van der Waals surface area contributed by atoms with Gasteiger partial charge in [0, 0.05) is 19.3 Å². The van der Waals surface area contributed by atoms with Crippen LogP contribution in [0.25, 0.3) is 11.0 Å². The van der Waals surface area contributed by atoms with Gasteiger partial charge in [-0.1, -0.05) is 0 Å². The van der Waals surface area contributed by atoms with Crippen molar-refractivity contribution in [3.05, 3.63) is 24.5 Å². The summed E-state index contributed by atoms with van der Waals surface area (Å²) in [5.41, 5.74) is 3.14. The molecule has 2 aromatic heterocycles. The van der Waals surface area contributed by atoms with Crippen molar-refractivity contribution in [1.82, 2.24) is 14.9 Å². The van der Waals surface area contributed by atoms with Crippen molar-refractivity contribution in [2.24, 2.45) is 0 Å². The molecule has 4 nitrogen and oxygen atoms in total. The molecule has 0 spiro atoms. The Morgan fingerprint density at radius 2 is 2.33 bits per heavy atom. The van der Waals surface area contributed by atoms with Gasteiger partial charge in [0.2, 0.25) is 0 Å². The predicted molar refractivity (Wildman–Crippen MR) is 63.1 cm³/mol. The first-order valence-corrected chi connectivity index (χ1v) is 5.07. The van der Waals surface area contributed by atoms with Gasteiger partial charge in [0.1, 0.15) is 0 Å². The van der Waals surface area contributed by atoms with Crippen LogP contribution in [0.15, 0.2) is 24.5 Å². The van der Waals surface area contributed by atoms with E-state index in [4.69, 9.17) is 0 Å². The zero-order valence-electron chi connectivity index (χ0n) is 9.12. The number of likely N-dealkylation sites (N-methyl/N-ethyl adjacent to an activating group) is 1. The van der Waals surface area contributed by atoms with Crippen molar-refractivity contribution < 1.29 is 0 Å². The van der Waals surface area contributed by atoms with Gasteiger partial charge < -0.3 is 15.2 Å². The Hall–Kier alpha value is -1.55. The highest BCUT2D eigenvalue weighted by Gasteiger charge is 1.97. The largest absolute Gasteiger partial charge is 0.382 e. The number of fused-ring (bicyclic) bond motifs is 1. The van der Waals surface area contributed by atoms with E-state index in [1.165, 1.54) is 0 Å². The molecule has 0 fully saturated rings. The first-order chi connectivity index (χ1) is 7.25. The number of nitrogens with one attached hydrogen (secondary N) is 2. The number of rotatable bonds is 4. The molecule has 0 radical (unpaired) electrons. The highest BCUT2D eigenvalue weighted by Crippen LogP contribution is 2.13. The molecule has 2 heterocycles. The minimum atomic E-state index is 0.931. The number of hydrogen-bond acceptors (Lipinski definition) is 3. The van der Waals surface area contributed by atoms with Crippen LogP contribution >= 0.6 is 0 Å². The van der Waals surface area contributed by atoms with E-state index in [0.29, 0.717) is 0 Å². The number of hydrogen-bond donors (Lipinski definition) is 2. The Kier molecular flexibility index (Phi) is 2.87. The van der Waals surface area contributed by atoms with Crippen LogP contribution in [-0.4, -0.2) is 42.1 Å². The molecule has 0 unspecified atom stereocenters. The van der Waals surface area contributed by atoms with Crippen molar-refractivity contribution in [2.75, 3.05) is 32.5 Å². The van der Waals surface area contributed by atoms with Gasteiger partial charge in [-0.25, -0.2) is 0 Å². The molecular weight excluding hydrogens is 188 g/mol. The third-order valence-electron chi connectivity index (χ3n) is 2.29. The Labute approximate surface area is 89.3 Å². The Morgan fingerprint density at radius 1 is 1.47 bits per heavy atom. The maximum Gasteiger partial charge on any atom is 0.0880 e. The lowest BCUT2D eigenvalue weighted by Gasteiger charge is -2.10. The van der Waals surface area contributed by atoms with E-state index in [0.717, 1.165) is 29.8 Å². The first-order valence-electron chi connectivity index (χ1n) is 5.07. The first kappa shape index (κ1) is 9.98. The topological polar surface area (TPSA) is 44.0 Å². The summed E-state index contributed by atoms with van der Waals surface area (Å²) in [6.07, 6.45) is 3.77. The lowest BCUT2D eigenvalue weighted by molar-refractivity contribution is 0.425. The van der Waals surface area contributed by atoms with Crippen LogP contribution in [-0.2, 0) is 0 Å². The summed E-state index contributed by atoms with van der Waals surface area (Å²) in [5, 5.41) is 3.33. The second-order valence-electron chi connectivity index (χ2n) is 3.86. The highest BCUT2D eigenvalue weighted by atomic mass is 15.1. The number of anilines is 1. The maximum absolute atomic E-state index is 4.33. The van der Waals surface area contributed by atoms with Gasteiger partial charge in [-0.15, -0.1) is 0 Å². The summed E-state index contributed by atoms with van der Waals surface area (Å²) in [6.45, 7) is 1.95. The van der Waals surface area contributed by atoms with Crippen LogP contribution in [0.1, 0.15) is 0 Å². The third-order valence-corrected chi connectivity index (χ3v) is 2.29. The molecule has 15 heavy (non-hydrogen) atoms. The lowest BCUT2D eigenvalue weighted by atomic mass is 10.3. The molecule has 0 atom stereocenters. The van der Waals surface area contributed by atoms with Crippen LogP contribution in [0.4, 0.5) is 5.69 Å². The summed E-state index contributed by atoms with van der Waals surface area (Å²) >= 11 is 0. The number of aromatic nitrogens is 2. The van der Waals surface area contributed by atoms with Gasteiger partial charge in [0.25, 0.3) is 0 Å². The van der Waals surface area contributed by atoms with E-state index >= 15 is 0 Å². The van der Waals surface area contributed by atoms with Crippen molar-refractivity contribution in [1.29, 1.82) is 0 Å². The van der Waals surface area contributed by atoms with Crippen LogP contribution < -0.4 is 5.32 Å². The van der Waals surface area contributed by atoms with E-state index in [1.54, 1.807) is 0 Å². The van der Waals surface area contributed by atoms with E-state index < -0.39 is 0 Å². The number of aromatic amines is 1.